The molecule has 4 nitrogen and oxygen atoms in total. The third-order valence-electron chi connectivity index (χ3n) is 3.21. The lowest BCUT2D eigenvalue weighted by atomic mass is 9.80. The Morgan fingerprint density at radius 3 is 3.06 bits per heavy atom. The molecule has 0 spiro atoms. The second kappa shape index (κ2) is 4.28. The lowest BCUT2D eigenvalue weighted by Gasteiger charge is -2.24. The van der Waals surface area contributed by atoms with Gasteiger partial charge in [0.05, 0.1) is 13.0 Å². The van der Waals surface area contributed by atoms with Crippen molar-refractivity contribution in [2.24, 2.45) is 0 Å². The maximum Gasteiger partial charge on any atom is 0.306 e. The number of nitrogens with one attached hydrogen (secondary N) is 1. The van der Waals surface area contributed by atoms with Gasteiger partial charge in [0.1, 0.15) is 0 Å². The van der Waals surface area contributed by atoms with Crippen LogP contribution < -0.4 is 11.1 Å². The average Bonchev–Trinajstić information content (AvgIpc) is 2.58. The van der Waals surface area contributed by atoms with E-state index < -0.39 is 0 Å². The van der Waals surface area contributed by atoms with Crippen LogP contribution in [-0.4, -0.2) is 19.1 Å². The van der Waals surface area contributed by atoms with Gasteiger partial charge < -0.3 is 15.8 Å². The van der Waals surface area contributed by atoms with Gasteiger partial charge in [-0.15, -0.1) is 0 Å². The number of benzene rings is 1. The zero-order valence-corrected chi connectivity index (χ0v) is 10.2. The zero-order valence-electron chi connectivity index (χ0n) is 10.2. The molecule has 0 radical (unpaired) electrons. The summed E-state index contributed by atoms with van der Waals surface area (Å²) in [6, 6.07) is 5.77. The molecule has 0 bridgehead atoms. The molecule has 1 aromatic rings. The minimum atomic E-state index is -0.271. The van der Waals surface area contributed by atoms with Gasteiger partial charge in [-0.25, -0.2) is 0 Å². The van der Waals surface area contributed by atoms with E-state index in [4.69, 9.17) is 10.5 Å². The first-order chi connectivity index (χ1) is 8.07. The molecule has 1 aliphatic heterocycles. The first kappa shape index (κ1) is 11.8. The van der Waals surface area contributed by atoms with E-state index in [2.05, 4.69) is 5.32 Å². The predicted molar refractivity (Wildman–Crippen MR) is 67.9 cm³/mol. The number of anilines is 2. The van der Waals surface area contributed by atoms with Crippen molar-refractivity contribution >= 4 is 17.3 Å². The number of carbonyl (C=O) groups is 1. The van der Waals surface area contributed by atoms with Crippen molar-refractivity contribution < 1.29 is 9.53 Å². The molecule has 17 heavy (non-hydrogen) atoms. The molecule has 1 unspecified atom stereocenters. The number of fused-ring (bicyclic) bond motifs is 1. The number of rotatable bonds is 3. The van der Waals surface area contributed by atoms with E-state index in [1.165, 1.54) is 0 Å². The predicted octanol–water partition coefficient (Wildman–Crippen LogP) is 1.91. The molecule has 0 fully saturated rings. The average molecular weight is 234 g/mol. The van der Waals surface area contributed by atoms with E-state index in [1.54, 1.807) is 0 Å². The minimum Gasteiger partial charge on any atom is -0.466 e. The number of ether oxygens (including phenoxy) is 1. The van der Waals surface area contributed by atoms with Crippen LogP contribution in [0.3, 0.4) is 0 Å². The summed E-state index contributed by atoms with van der Waals surface area (Å²) in [6.45, 7) is 4.99. The van der Waals surface area contributed by atoms with Crippen LogP contribution in [0.5, 0.6) is 0 Å². The fourth-order valence-corrected chi connectivity index (χ4v) is 2.45. The summed E-state index contributed by atoms with van der Waals surface area (Å²) in [4.78, 5) is 11.6. The van der Waals surface area contributed by atoms with Gasteiger partial charge in [0.25, 0.3) is 0 Å². The normalized spacial score (nSPS) is 21.8. The second-order valence-corrected chi connectivity index (χ2v) is 4.67. The maximum atomic E-state index is 11.6. The fourth-order valence-electron chi connectivity index (χ4n) is 2.45. The zero-order chi connectivity index (χ0) is 12.5. The van der Waals surface area contributed by atoms with Crippen molar-refractivity contribution in [2.75, 3.05) is 24.2 Å². The number of nitrogens with two attached hydrogens (primary N) is 1. The molecule has 4 heteroatoms. The van der Waals surface area contributed by atoms with Gasteiger partial charge in [-0.1, -0.05) is 13.0 Å². The van der Waals surface area contributed by atoms with Gasteiger partial charge in [0, 0.05) is 28.9 Å². The Kier molecular flexibility index (Phi) is 2.96. The Morgan fingerprint density at radius 1 is 1.59 bits per heavy atom. The Labute approximate surface area is 101 Å². The molecule has 3 N–H and O–H groups in total. The van der Waals surface area contributed by atoms with E-state index >= 15 is 0 Å². The second-order valence-electron chi connectivity index (χ2n) is 4.67. The summed E-state index contributed by atoms with van der Waals surface area (Å²) in [5.74, 6) is -0.173. The molecule has 0 aromatic heterocycles. The van der Waals surface area contributed by atoms with E-state index in [0.29, 0.717) is 13.0 Å². The summed E-state index contributed by atoms with van der Waals surface area (Å²) >= 11 is 0. The highest BCUT2D eigenvalue weighted by atomic mass is 16.5. The van der Waals surface area contributed by atoms with E-state index in [1.807, 2.05) is 32.0 Å². The molecule has 0 aliphatic carbocycles. The topological polar surface area (TPSA) is 64.3 Å². The minimum absolute atomic E-state index is 0.173. The first-order valence-corrected chi connectivity index (χ1v) is 5.85. The largest absolute Gasteiger partial charge is 0.466 e. The Hall–Kier alpha value is -1.71. The van der Waals surface area contributed by atoms with Gasteiger partial charge in [-0.3, -0.25) is 4.79 Å². The molecule has 0 saturated heterocycles. The van der Waals surface area contributed by atoms with Crippen molar-refractivity contribution in [3.63, 3.8) is 0 Å². The highest BCUT2D eigenvalue weighted by molar-refractivity contribution is 5.77. The number of carbonyl (C=O) groups excluding carboxylic acids is 1. The molecule has 0 amide bonds. The summed E-state index contributed by atoms with van der Waals surface area (Å²) in [6.07, 6.45) is 0.356. The van der Waals surface area contributed by atoms with Crippen LogP contribution in [0.15, 0.2) is 18.2 Å². The molecule has 1 atom stereocenters. The van der Waals surface area contributed by atoms with Crippen LogP contribution in [0.1, 0.15) is 25.8 Å². The number of hydrogen-bond donors (Lipinski definition) is 2. The fraction of sp³-hybridized carbons (Fsp3) is 0.462. The van der Waals surface area contributed by atoms with Crippen molar-refractivity contribution in [3.05, 3.63) is 23.8 Å². The van der Waals surface area contributed by atoms with Crippen molar-refractivity contribution in [1.29, 1.82) is 0 Å². The molecule has 1 heterocycles. The number of hydrogen-bond acceptors (Lipinski definition) is 4. The smallest absolute Gasteiger partial charge is 0.306 e. The van der Waals surface area contributed by atoms with Crippen LogP contribution in [0.4, 0.5) is 11.4 Å². The third kappa shape index (κ3) is 2.07. The summed E-state index contributed by atoms with van der Waals surface area (Å²) in [5.41, 5.74) is 8.53. The number of esters is 1. The lowest BCUT2D eigenvalue weighted by molar-refractivity contribution is -0.144. The van der Waals surface area contributed by atoms with Gasteiger partial charge >= 0.3 is 5.97 Å². The van der Waals surface area contributed by atoms with Gasteiger partial charge in [-0.05, 0) is 19.1 Å². The number of nitrogen functional groups attached to an aromatic ring is 1. The van der Waals surface area contributed by atoms with E-state index in [9.17, 15) is 4.79 Å². The summed E-state index contributed by atoms with van der Waals surface area (Å²) < 4.78 is 5.02. The highest BCUT2D eigenvalue weighted by Crippen LogP contribution is 2.42. The summed E-state index contributed by atoms with van der Waals surface area (Å²) in [5, 5.41) is 3.29. The van der Waals surface area contributed by atoms with Crippen molar-refractivity contribution in [1.82, 2.24) is 0 Å². The quantitative estimate of drug-likeness (QED) is 0.619. The van der Waals surface area contributed by atoms with Crippen LogP contribution in [0, 0.1) is 0 Å². The summed E-state index contributed by atoms with van der Waals surface area (Å²) in [7, 11) is 0. The van der Waals surface area contributed by atoms with Crippen LogP contribution in [-0.2, 0) is 14.9 Å². The lowest BCUT2D eigenvalue weighted by Crippen LogP contribution is -2.29. The molecule has 2 rings (SSSR count). The first-order valence-electron chi connectivity index (χ1n) is 5.85. The molecule has 1 aliphatic rings. The third-order valence-corrected chi connectivity index (χ3v) is 3.21. The van der Waals surface area contributed by atoms with E-state index in [0.717, 1.165) is 23.5 Å². The van der Waals surface area contributed by atoms with Crippen LogP contribution in [0.2, 0.25) is 0 Å². The van der Waals surface area contributed by atoms with Crippen LogP contribution in [0.25, 0.3) is 0 Å². The van der Waals surface area contributed by atoms with E-state index in [-0.39, 0.29) is 11.4 Å². The monoisotopic (exact) mass is 234 g/mol. The highest BCUT2D eigenvalue weighted by Gasteiger charge is 2.38. The Morgan fingerprint density at radius 2 is 2.35 bits per heavy atom. The van der Waals surface area contributed by atoms with Crippen molar-refractivity contribution in [3.8, 4) is 0 Å². The van der Waals surface area contributed by atoms with Gasteiger partial charge in [0.15, 0.2) is 0 Å². The molecule has 0 saturated carbocycles. The van der Waals surface area contributed by atoms with Crippen LogP contribution >= 0.6 is 0 Å². The van der Waals surface area contributed by atoms with Gasteiger partial charge in [0.2, 0.25) is 0 Å². The van der Waals surface area contributed by atoms with Crippen molar-refractivity contribution in [2.45, 2.75) is 25.7 Å². The molecule has 1 aromatic carbocycles. The molecule has 92 valence electrons. The Bertz CT molecular complexity index is 445. The molecular formula is C13H18N2O2. The Balaban J connectivity index is 2.28. The molecular weight excluding hydrogens is 216 g/mol. The van der Waals surface area contributed by atoms with Gasteiger partial charge in [-0.2, -0.15) is 0 Å². The standard InChI is InChI=1S/C13H18N2O2/c1-3-17-11(16)7-13(2)8-15-10-6-4-5-9(14)12(10)13/h4-6,15H,3,7-8,14H2,1-2H3. The maximum absolute atomic E-state index is 11.6. The SMILES string of the molecule is CCOC(=O)CC1(C)CNc2cccc(N)c21.